The Morgan fingerprint density at radius 1 is 1.03 bits per heavy atom. The van der Waals surface area contributed by atoms with Crippen molar-refractivity contribution in [3.63, 3.8) is 0 Å². The third-order valence-corrected chi connectivity index (χ3v) is 4.16. The maximum Gasteiger partial charge on any atom is 0.310 e. The average Bonchev–Trinajstić information content (AvgIpc) is 3.09. The Bertz CT molecular complexity index is 1110. The summed E-state index contributed by atoms with van der Waals surface area (Å²) in [7, 11) is 0. The highest BCUT2D eigenvalue weighted by Gasteiger charge is 2.14. The summed E-state index contributed by atoms with van der Waals surface area (Å²) in [5, 5.41) is 5.35. The monoisotopic (exact) mass is 416 g/mol. The third kappa shape index (κ3) is 5.40. The van der Waals surface area contributed by atoms with E-state index in [0.717, 1.165) is 23.1 Å². The highest BCUT2D eigenvalue weighted by Crippen LogP contribution is 2.22. The van der Waals surface area contributed by atoms with Gasteiger partial charge in [0.1, 0.15) is 5.58 Å². The highest BCUT2D eigenvalue weighted by atomic mass is 19.2. The Labute approximate surface area is 170 Å². The number of aryl methyl sites for hydroxylation is 1. The van der Waals surface area contributed by atoms with E-state index in [4.69, 9.17) is 9.15 Å². The van der Waals surface area contributed by atoms with E-state index in [0.29, 0.717) is 11.1 Å². The lowest BCUT2D eigenvalue weighted by atomic mass is 10.1. The molecule has 156 valence electrons. The first-order valence-electron chi connectivity index (χ1n) is 8.96. The van der Waals surface area contributed by atoms with E-state index in [1.54, 1.807) is 0 Å². The fraction of sp³-hybridized carbons (Fsp3) is 0.190. The smallest absolute Gasteiger partial charge is 0.310 e. The van der Waals surface area contributed by atoms with Gasteiger partial charge in [-0.15, -0.1) is 0 Å². The number of hydrogen-bond donors (Lipinski definition) is 2. The summed E-state index contributed by atoms with van der Waals surface area (Å²) in [5.74, 6) is -4.11. The SMILES string of the molecule is Cc1ccc2c(CC(=O)OCC(=O)NCC(=O)Nc3ccc(F)c(F)c3)coc2c1. The quantitative estimate of drug-likeness (QED) is 0.578. The topological polar surface area (TPSA) is 97.6 Å². The Hall–Kier alpha value is -3.75. The maximum absolute atomic E-state index is 13.1. The van der Waals surface area contributed by atoms with Crippen LogP contribution in [0.1, 0.15) is 11.1 Å². The van der Waals surface area contributed by atoms with Crippen LogP contribution in [0.2, 0.25) is 0 Å². The van der Waals surface area contributed by atoms with Gasteiger partial charge < -0.3 is 19.8 Å². The Balaban J connectivity index is 1.41. The van der Waals surface area contributed by atoms with Crippen LogP contribution in [0.3, 0.4) is 0 Å². The molecule has 0 bridgehead atoms. The molecule has 1 aromatic heterocycles. The van der Waals surface area contributed by atoms with Crippen LogP contribution in [0.5, 0.6) is 0 Å². The largest absolute Gasteiger partial charge is 0.464 e. The van der Waals surface area contributed by atoms with Gasteiger partial charge in [0, 0.05) is 22.7 Å². The van der Waals surface area contributed by atoms with Gasteiger partial charge in [-0.05, 0) is 30.7 Å². The summed E-state index contributed by atoms with van der Waals surface area (Å²) in [6, 6.07) is 8.45. The fourth-order valence-corrected chi connectivity index (χ4v) is 2.69. The van der Waals surface area contributed by atoms with Crippen LogP contribution in [-0.4, -0.2) is 30.9 Å². The second kappa shape index (κ2) is 9.17. The van der Waals surface area contributed by atoms with Crippen molar-refractivity contribution in [2.75, 3.05) is 18.5 Å². The van der Waals surface area contributed by atoms with E-state index in [9.17, 15) is 23.2 Å². The molecule has 0 fully saturated rings. The predicted molar refractivity (Wildman–Crippen MR) is 104 cm³/mol. The first-order valence-corrected chi connectivity index (χ1v) is 8.96. The fourth-order valence-electron chi connectivity index (χ4n) is 2.69. The molecule has 30 heavy (non-hydrogen) atoms. The van der Waals surface area contributed by atoms with Gasteiger partial charge in [0.15, 0.2) is 18.2 Å². The molecule has 7 nitrogen and oxygen atoms in total. The third-order valence-electron chi connectivity index (χ3n) is 4.16. The molecule has 2 amide bonds. The Morgan fingerprint density at radius 3 is 2.60 bits per heavy atom. The number of carbonyl (C=O) groups is 3. The van der Waals surface area contributed by atoms with Crippen molar-refractivity contribution in [2.24, 2.45) is 0 Å². The molecule has 3 rings (SSSR count). The van der Waals surface area contributed by atoms with E-state index >= 15 is 0 Å². The van der Waals surface area contributed by atoms with E-state index in [1.807, 2.05) is 25.1 Å². The average molecular weight is 416 g/mol. The van der Waals surface area contributed by atoms with Crippen LogP contribution in [0, 0.1) is 18.6 Å². The Morgan fingerprint density at radius 2 is 1.83 bits per heavy atom. The number of fused-ring (bicyclic) bond motifs is 1. The standard InChI is InChI=1S/C21H18F2N2O5/c1-12-2-4-15-13(10-29-18(15)6-12)7-21(28)30-11-20(27)24-9-19(26)25-14-3-5-16(22)17(23)8-14/h2-6,8,10H,7,9,11H2,1H3,(H,24,27)(H,25,26). The number of hydrogen-bond acceptors (Lipinski definition) is 5. The molecular formula is C21H18F2N2O5. The van der Waals surface area contributed by atoms with Crippen LogP contribution < -0.4 is 10.6 Å². The molecule has 0 aliphatic heterocycles. The number of halogens is 2. The van der Waals surface area contributed by atoms with Crippen molar-refractivity contribution in [3.05, 3.63) is 65.4 Å². The second-order valence-corrected chi connectivity index (χ2v) is 6.55. The summed E-state index contributed by atoms with van der Waals surface area (Å²) in [6.07, 6.45) is 1.40. The summed E-state index contributed by atoms with van der Waals surface area (Å²) >= 11 is 0. The van der Waals surface area contributed by atoms with Crippen molar-refractivity contribution in [1.82, 2.24) is 5.32 Å². The van der Waals surface area contributed by atoms with E-state index in [2.05, 4.69) is 10.6 Å². The lowest BCUT2D eigenvalue weighted by Crippen LogP contribution is -2.35. The van der Waals surface area contributed by atoms with Crippen LogP contribution in [0.25, 0.3) is 11.0 Å². The number of amides is 2. The minimum absolute atomic E-state index is 0.0436. The van der Waals surface area contributed by atoms with Crippen molar-refractivity contribution in [3.8, 4) is 0 Å². The number of carbonyl (C=O) groups excluding carboxylic acids is 3. The summed E-state index contributed by atoms with van der Waals surface area (Å²) in [6.45, 7) is 0.931. The molecule has 0 aliphatic carbocycles. The zero-order chi connectivity index (χ0) is 21.7. The first-order chi connectivity index (χ1) is 14.3. The number of ether oxygens (including phenoxy) is 1. The highest BCUT2D eigenvalue weighted by molar-refractivity contribution is 5.95. The number of furan rings is 1. The molecule has 1 heterocycles. The van der Waals surface area contributed by atoms with Gasteiger partial charge >= 0.3 is 5.97 Å². The summed E-state index contributed by atoms with van der Waals surface area (Å²) in [5.41, 5.74) is 2.36. The lowest BCUT2D eigenvalue weighted by molar-refractivity contribution is -0.147. The van der Waals surface area contributed by atoms with E-state index in [-0.39, 0.29) is 12.1 Å². The van der Waals surface area contributed by atoms with Crippen molar-refractivity contribution >= 4 is 34.4 Å². The normalized spacial score (nSPS) is 10.6. The molecule has 0 radical (unpaired) electrons. The molecule has 0 aliphatic rings. The van der Waals surface area contributed by atoms with Crippen LogP contribution in [-0.2, 0) is 25.5 Å². The molecular weight excluding hydrogens is 398 g/mol. The zero-order valence-electron chi connectivity index (χ0n) is 16.0. The molecule has 0 unspecified atom stereocenters. The first kappa shape index (κ1) is 21.0. The van der Waals surface area contributed by atoms with Gasteiger partial charge in [-0.25, -0.2) is 8.78 Å². The Kier molecular flexibility index (Phi) is 6.41. The number of anilines is 1. The molecule has 0 spiro atoms. The minimum atomic E-state index is -1.11. The number of benzene rings is 2. The summed E-state index contributed by atoms with van der Waals surface area (Å²) < 4.78 is 36.3. The molecule has 3 aromatic rings. The van der Waals surface area contributed by atoms with Crippen LogP contribution in [0.4, 0.5) is 14.5 Å². The van der Waals surface area contributed by atoms with Gasteiger partial charge in [0.05, 0.1) is 19.2 Å². The number of rotatable bonds is 7. The van der Waals surface area contributed by atoms with Gasteiger partial charge in [0.2, 0.25) is 5.91 Å². The van der Waals surface area contributed by atoms with Gasteiger partial charge in [-0.1, -0.05) is 12.1 Å². The van der Waals surface area contributed by atoms with Gasteiger partial charge in [0.25, 0.3) is 5.91 Å². The van der Waals surface area contributed by atoms with Gasteiger partial charge in [-0.2, -0.15) is 0 Å². The maximum atomic E-state index is 13.1. The van der Waals surface area contributed by atoms with Crippen molar-refractivity contribution in [1.29, 1.82) is 0 Å². The minimum Gasteiger partial charge on any atom is -0.464 e. The number of nitrogens with one attached hydrogen (secondary N) is 2. The molecule has 0 saturated carbocycles. The predicted octanol–water partition coefficient (Wildman–Crippen LogP) is 2.86. The number of esters is 1. The van der Waals surface area contributed by atoms with E-state index < -0.39 is 42.6 Å². The lowest BCUT2D eigenvalue weighted by Gasteiger charge is -2.08. The second-order valence-electron chi connectivity index (χ2n) is 6.55. The summed E-state index contributed by atoms with van der Waals surface area (Å²) in [4.78, 5) is 35.5. The van der Waals surface area contributed by atoms with Crippen molar-refractivity contribution < 1.29 is 32.3 Å². The molecule has 9 heteroatoms. The van der Waals surface area contributed by atoms with Gasteiger partial charge in [-0.3, -0.25) is 14.4 Å². The zero-order valence-corrected chi connectivity index (χ0v) is 16.0. The molecule has 0 atom stereocenters. The molecule has 2 N–H and O–H groups in total. The van der Waals surface area contributed by atoms with Crippen LogP contribution in [0.15, 0.2) is 47.1 Å². The van der Waals surface area contributed by atoms with Crippen molar-refractivity contribution in [2.45, 2.75) is 13.3 Å². The molecule has 0 saturated heterocycles. The molecule has 2 aromatic carbocycles. The van der Waals surface area contributed by atoms with E-state index in [1.165, 1.54) is 12.3 Å². The van der Waals surface area contributed by atoms with Crippen LogP contribution >= 0.6 is 0 Å².